The third kappa shape index (κ3) is 2.13. The van der Waals surface area contributed by atoms with Crippen LogP contribution in [0.3, 0.4) is 0 Å². The van der Waals surface area contributed by atoms with Crippen molar-refractivity contribution in [3.8, 4) is 5.69 Å². The highest BCUT2D eigenvalue weighted by molar-refractivity contribution is 5.44. The van der Waals surface area contributed by atoms with Crippen molar-refractivity contribution in [1.82, 2.24) is 14.3 Å². The van der Waals surface area contributed by atoms with Crippen LogP contribution in [0, 0.1) is 5.95 Å². The summed E-state index contributed by atoms with van der Waals surface area (Å²) in [5.41, 5.74) is 0.295. The average molecular weight is 250 g/mol. The van der Waals surface area contributed by atoms with Crippen LogP contribution in [0.1, 0.15) is 13.8 Å². The highest BCUT2D eigenvalue weighted by Crippen LogP contribution is 2.11. The average Bonchev–Trinajstić information content (AvgIpc) is 2.63. The van der Waals surface area contributed by atoms with Crippen molar-refractivity contribution in [2.75, 3.05) is 5.32 Å². The fraction of sp³-hybridized carbons (Fsp3) is 0.333. The van der Waals surface area contributed by atoms with E-state index < -0.39 is 5.95 Å². The first-order valence-corrected chi connectivity index (χ1v) is 5.66. The first kappa shape index (κ1) is 12.3. The van der Waals surface area contributed by atoms with E-state index in [1.165, 1.54) is 24.0 Å². The molecule has 0 amide bonds. The minimum atomic E-state index is -0.543. The first-order chi connectivity index (χ1) is 8.50. The van der Waals surface area contributed by atoms with Gasteiger partial charge in [-0.2, -0.15) is 9.49 Å². The quantitative estimate of drug-likeness (QED) is 0.898. The Balaban J connectivity index is 2.53. The number of pyridine rings is 1. The lowest BCUT2D eigenvalue weighted by Gasteiger charge is -2.11. The molecular weight excluding hydrogens is 235 g/mol. The Labute approximate surface area is 104 Å². The standard InChI is InChI=1S/C12H15FN4O/c1-8(2)15-9-5-4-6-17(12(9)18)10-7-14-16(3)11(10)13/h4-8,15H,1-3H3. The van der Waals surface area contributed by atoms with Gasteiger partial charge in [0.15, 0.2) is 0 Å². The molecule has 2 rings (SSSR count). The normalized spacial score (nSPS) is 10.9. The van der Waals surface area contributed by atoms with Crippen molar-refractivity contribution in [3.05, 3.63) is 40.8 Å². The van der Waals surface area contributed by atoms with Gasteiger partial charge in [0, 0.05) is 19.3 Å². The molecule has 0 saturated carbocycles. The van der Waals surface area contributed by atoms with Crippen LogP contribution in [0.2, 0.25) is 0 Å². The van der Waals surface area contributed by atoms with Crippen molar-refractivity contribution in [1.29, 1.82) is 0 Å². The molecule has 1 N–H and O–H groups in total. The molecule has 0 spiro atoms. The molecule has 0 aliphatic heterocycles. The van der Waals surface area contributed by atoms with Gasteiger partial charge in [-0.25, -0.2) is 4.68 Å². The van der Waals surface area contributed by atoms with Gasteiger partial charge in [0.05, 0.1) is 6.20 Å². The predicted octanol–water partition coefficient (Wildman–Crippen LogP) is 1.53. The zero-order chi connectivity index (χ0) is 13.3. The summed E-state index contributed by atoms with van der Waals surface area (Å²) in [5.74, 6) is -0.543. The maximum absolute atomic E-state index is 13.7. The van der Waals surface area contributed by atoms with E-state index in [0.717, 1.165) is 4.68 Å². The highest BCUT2D eigenvalue weighted by Gasteiger charge is 2.12. The van der Waals surface area contributed by atoms with Gasteiger partial charge in [0.1, 0.15) is 11.4 Å². The lowest BCUT2D eigenvalue weighted by atomic mass is 10.3. The number of aryl methyl sites for hydroxylation is 1. The van der Waals surface area contributed by atoms with E-state index in [0.29, 0.717) is 5.69 Å². The van der Waals surface area contributed by atoms with Gasteiger partial charge in [-0.1, -0.05) is 0 Å². The second-order valence-corrected chi connectivity index (χ2v) is 4.34. The zero-order valence-electron chi connectivity index (χ0n) is 10.5. The minimum Gasteiger partial charge on any atom is -0.378 e. The van der Waals surface area contributed by atoms with E-state index in [2.05, 4.69) is 10.4 Å². The van der Waals surface area contributed by atoms with E-state index in [9.17, 15) is 9.18 Å². The van der Waals surface area contributed by atoms with Crippen molar-refractivity contribution in [2.24, 2.45) is 7.05 Å². The molecular formula is C12H15FN4O. The van der Waals surface area contributed by atoms with E-state index in [1.54, 1.807) is 12.1 Å². The zero-order valence-corrected chi connectivity index (χ0v) is 10.5. The van der Waals surface area contributed by atoms with Crippen LogP contribution in [0.15, 0.2) is 29.3 Å². The van der Waals surface area contributed by atoms with Gasteiger partial charge in [-0.3, -0.25) is 9.36 Å². The van der Waals surface area contributed by atoms with Crippen LogP contribution in [0.5, 0.6) is 0 Å². The Morgan fingerprint density at radius 1 is 1.44 bits per heavy atom. The maximum Gasteiger partial charge on any atom is 0.278 e. The SMILES string of the molecule is CC(C)Nc1cccn(-c2cnn(C)c2F)c1=O. The fourth-order valence-corrected chi connectivity index (χ4v) is 1.68. The van der Waals surface area contributed by atoms with Crippen LogP contribution in [0.4, 0.5) is 10.1 Å². The number of aromatic nitrogens is 3. The van der Waals surface area contributed by atoms with Crippen molar-refractivity contribution in [2.45, 2.75) is 19.9 Å². The summed E-state index contributed by atoms with van der Waals surface area (Å²) in [4.78, 5) is 12.2. The molecule has 0 radical (unpaired) electrons. The van der Waals surface area contributed by atoms with Gasteiger partial charge in [0.2, 0.25) is 5.95 Å². The Kier molecular flexibility index (Phi) is 3.18. The second kappa shape index (κ2) is 4.64. The molecule has 96 valence electrons. The highest BCUT2D eigenvalue weighted by atomic mass is 19.1. The summed E-state index contributed by atoms with van der Waals surface area (Å²) in [6.07, 6.45) is 2.85. The number of halogens is 1. The van der Waals surface area contributed by atoms with Crippen molar-refractivity contribution >= 4 is 5.69 Å². The number of hydrogen-bond acceptors (Lipinski definition) is 3. The molecule has 0 atom stereocenters. The van der Waals surface area contributed by atoms with Crippen molar-refractivity contribution in [3.63, 3.8) is 0 Å². The molecule has 0 aliphatic carbocycles. The predicted molar refractivity (Wildman–Crippen MR) is 67.5 cm³/mol. The molecule has 18 heavy (non-hydrogen) atoms. The molecule has 2 heterocycles. The summed E-state index contributed by atoms with van der Waals surface area (Å²) in [5, 5.41) is 6.81. The first-order valence-electron chi connectivity index (χ1n) is 5.66. The summed E-state index contributed by atoms with van der Waals surface area (Å²) < 4.78 is 16.1. The number of anilines is 1. The largest absolute Gasteiger partial charge is 0.378 e. The number of nitrogens with zero attached hydrogens (tertiary/aromatic N) is 3. The van der Waals surface area contributed by atoms with E-state index in [1.807, 2.05) is 13.8 Å². The Morgan fingerprint density at radius 2 is 2.17 bits per heavy atom. The second-order valence-electron chi connectivity index (χ2n) is 4.34. The van der Waals surface area contributed by atoms with Gasteiger partial charge < -0.3 is 5.32 Å². The molecule has 0 aromatic carbocycles. The van der Waals surface area contributed by atoms with Crippen molar-refractivity contribution < 1.29 is 4.39 Å². The molecule has 0 fully saturated rings. The Bertz CT molecular complexity index is 615. The van der Waals surface area contributed by atoms with Crippen LogP contribution in [-0.4, -0.2) is 20.4 Å². The monoisotopic (exact) mass is 250 g/mol. The van der Waals surface area contributed by atoms with Gasteiger partial charge in [-0.05, 0) is 26.0 Å². The third-order valence-electron chi connectivity index (χ3n) is 2.50. The molecule has 6 heteroatoms. The number of rotatable bonds is 3. The molecule has 0 saturated heterocycles. The molecule has 0 aliphatic rings. The molecule has 5 nitrogen and oxygen atoms in total. The van der Waals surface area contributed by atoms with E-state index >= 15 is 0 Å². The van der Waals surface area contributed by atoms with Crippen LogP contribution < -0.4 is 10.9 Å². The van der Waals surface area contributed by atoms with E-state index in [4.69, 9.17) is 0 Å². The van der Waals surface area contributed by atoms with Gasteiger partial charge in [-0.15, -0.1) is 0 Å². The van der Waals surface area contributed by atoms with Crippen LogP contribution in [0.25, 0.3) is 5.69 Å². The summed E-state index contributed by atoms with van der Waals surface area (Å²) in [7, 11) is 1.49. The molecule has 2 aromatic rings. The summed E-state index contributed by atoms with van der Waals surface area (Å²) in [6.45, 7) is 3.86. The molecule has 0 unspecified atom stereocenters. The molecule has 2 aromatic heterocycles. The molecule has 0 bridgehead atoms. The van der Waals surface area contributed by atoms with Crippen LogP contribution in [-0.2, 0) is 7.05 Å². The lowest BCUT2D eigenvalue weighted by Crippen LogP contribution is -2.24. The van der Waals surface area contributed by atoms with Gasteiger partial charge >= 0.3 is 0 Å². The minimum absolute atomic E-state index is 0.132. The topological polar surface area (TPSA) is 51.9 Å². The Hall–Kier alpha value is -2.11. The Morgan fingerprint density at radius 3 is 2.72 bits per heavy atom. The maximum atomic E-state index is 13.7. The lowest BCUT2D eigenvalue weighted by molar-refractivity contribution is 0.499. The van der Waals surface area contributed by atoms with Crippen LogP contribution >= 0.6 is 0 Å². The number of hydrogen-bond donors (Lipinski definition) is 1. The summed E-state index contributed by atoms with van der Waals surface area (Å²) in [6, 6.07) is 3.50. The third-order valence-corrected chi connectivity index (χ3v) is 2.50. The van der Waals surface area contributed by atoms with Gasteiger partial charge in [0.25, 0.3) is 5.56 Å². The smallest absolute Gasteiger partial charge is 0.278 e. The summed E-state index contributed by atoms with van der Waals surface area (Å²) >= 11 is 0. The fourth-order valence-electron chi connectivity index (χ4n) is 1.68. The number of nitrogens with one attached hydrogen (secondary N) is 1. The van der Waals surface area contributed by atoms with E-state index in [-0.39, 0.29) is 17.3 Å².